The molecule has 2 aromatic carbocycles. The summed E-state index contributed by atoms with van der Waals surface area (Å²) >= 11 is 0. The van der Waals surface area contributed by atoms with Crippen LogP contribution in [0.1, 0.15) is 5.56 Å². The number of nitrogens with zero attached hydrogens (tertiary/aromatic N) is 3. The zero-order chi connectivity index (χ0) is 20.2. The molecule has 0 amide bonds. The van der Waals surface area contributed by atoms with E-state index in [1.54, 1.807) is 19.6 Å². The Morgan fingerprint density at radius 2 is 1.97 bits per heavy atom. The van der Waals surface area contributed by atoms with Gasteiger partial charge in [0.15, 0.2) is 11.5 Å². The molecule has 0 bridgehead atoms. The van der Waals surface area contributed by atoms with Gasteiger partial charge in [0.05, 0.1) is 19.0 Å². The fourth-order valence-corrected chi connectivity index (χ4v) is 3.55. The third-order valence-corrected chi connectivity index (χ3v) is 4.99. The molecular weight excluding hydrogens is 386 g/mol. The number of anilines is 2. The van der Waals surface area contributed by atoms with Crippen molar-refractivity contribution < 1.29 is 8.95 Å². The molecule has 148 valence electrons. The summed E-state index contributed by atoms with van der Waals surface area (Å²) in [7, 11) is 0.528. The van der Waals surface area contributed by atoms with Gasteiger partial charge in [-0.05, 0) is 29.8 Å². The molecule has 0 aliphatic carbocycles. The first-order valence-corrected chi connectivity index (χ1v) is 10.6. The molecule has 0 saturated heterocycles. The lowest BCUT2D eigenvalue weighted by Crippen LogP contribution is -2.04. The van der Waals surface area contributed by atoms with Crippen LogP contribution in [-0.2, 0) is 17.5 Å². The van der Waals surface area contributed by atoms with Gasteiger partial charge in [0, 0.05) is 36.4 Å². The van der Waals surface area contributed by atoms with Gasteiger partial charge in [-0.25, -0.2) is 14.2 Å². The van der Waals surface area contributed by atoms with Gasteiger partial charge in [-0.3, -0.25) is 4.40 Å². The summed E-state index contributed by atoms with van der Waals surface area (Å²) in [4.78, 5) is 9.01. The highest BCUT2D eigenvalue weighted by Gasteiger charge is 2.11. The fraction of sp³-hybridized carbons (Fsp3) is 0.143. The van der Waals surface area contributed by atoms with E-state index in [-0.39, 0.29) is 0 Å². The summed E-state index contributed by atoms with van der Waals surface area (Å²) in [6, 6.07) is 15.7. The Balaban J connectivity index is 1.60. The van der Waals surface area contributed by atoms with E-state index in [2.05, 4.69) is 20.0 Å². The molecule has 8 heteroatoms. The van der Waals surface area contributed by atoms with Gasteiger partial charge in [0.1, 0.15) is 16.7 Å². The molecule has 4 rings (SSSR count). The third kappa shape index (κ3) is 4.22. The third-order valence-electron chi connectivity index (χ3n) is 4.47. The molecule has 0 fully saturated rings. The lowest BCUT2D eigenvalue weighted by atomic mass is 10.1. The van der Waals surface area contributed by atoms with Crippen LogP contribution in [0.5, 0.6) is 5.75 Å². The monoisotopic (exact) mass is 407 g/mol. The molecule has 7 nitrogen and oxygen atoms in total. The lowest BCUT2D eigenvalue weighted by Gasteiger charge is -2.09. The van der Waals surface area contributed by atoms with Gasteiger partial charge in [0.2, 0.25) is 0 Å². The average Bonchev–Trinajstić information content (AvgIpc) is 3.17. The highest BCUT2D eigenvalue weighted by atomic mass is 32.2. The second kappa shape index (κ2) is 8.32. The second-order valence-electron chi connectivity index (χ2n) is 6.45. The SMILES string of the molecule is COc1ccc(CNc2nccn3c(-c4cccc(NS(C)=O)c4)cnc23)cc1. The van der Waals surface area contributed by atoms with E-state index in [1.807, 2.05) is 65.3 Å². The molecule has 0 radical (unpaired) electrons. The van der Waals surface area contributed by atoms with E-state index in [0.29, 0.717) is 12.4 Å². The van der Waals surface area contributed by atoms with Crippen molar-refractivity contribution in [3.63, 3.8) is 0 Å². The fourth-order valence-electron chi connectivity index (χ4n) is 3.09. The van der Waals surface area contributed by atoms with E-state index < -0.39 is 11.0 Å². The summed E-state index contributed by atoms with van der Waals surface area (Å²) in [5.74, 6) is 1.54. The highest BCUT2D eigenvalue weighted by molar-refractivity contribution is 7.85. The standard InChI is InChI=1S/C21H21N5O2S/c1-28-18-8-6-15(7-9-18)13-23-20-21-24-14-19(26(21)11-10-22-20)16-4-3-5-17(12-16)25-29(2)27/h3-12,14,25H,13H2,1-2H3,(H,22,23). The summed E-state index contributed by atoms with van der Waals surface area (Å²) < 4.78 is 21.6. The Morgan fingerprint density at radius 1 is 1.14 bits per heavy atom. The zero-order valence-electron chi connectivity index (χ0n) is 16.1. The minimum Gasteiger partial charge on any atom is -0.497 e. The first kappa shape index (κ1) is 18.9. The van der Waals surface area contributed by atoms with E-state index in [4.69, 9.17) is 4.74 Å². The molecule has 2 N–H and O–H groups in total. The summed E-state index contributed by atoms with van der Waals surface area (Å²) in [6.07, 6.45) is 7.05. The number of hydrogen-bond acceptors (Lipinski definition) is 5. The largest absolute Gasteiger partial charge is 0.497 e. The van der Waals surface area contributed by atoms with E-state index in [9.17, 15) is 4.21 Å². The predicted molar refractivity (Wildman–Crippen MR) is 116 cm³/mol. The summed E-state index contributed by atoms with van der Waals surface area (Å²) in [6.45, 7) is 0.626. The molecule has 0 aliphatic rings. The quantitative estimate of drug-likeness (QED) is 0.488. The first-order valence-electron chi connectivity index (χ1n) is 9.03. The Bertz CT molecular complexity index is 1160. The molecule has 1 unspecified atom stereocenters. The molecule has 2 aromatic heterocycles. The normalized spacial score (nSPS) is 11.9. The lowest BCUT2D eigenvalue weighted by molar-refractivity contribution is 0.414. The minimum atomic E-state index is -1.13. The van der Waals surface area contributed by atoms with Crippen molar-refractivity contribution in [2.75, 3.05) is 23.4 Å². The second-order valence-corrected chi connectivity index (χ2v) is 7.56. The van der Waals surface area contributed by atoms with Crippen LogP contribution in [0, 0.1) is 0 Å². The Kier molecular flexibility index (Phi) is 5.44. The molecule has 0 aliphatic heterocycles. The van der Waals surface area contributed by atoms with Crippen molar-refractivity contribution in [1.29, 1.82) is 0 Å². The van der Waals surface area contributed by atoms with Crippen molar-refractivity contribution in [2.45, 2.75) is 6.54 Å². The molecule has 2 heterocycles. The van der Waals surface area contributed by atoms with Crippen LogP contribution < -0.4 is 14.8 Å². The number of benzene rings is 2. The number of nitrogens with one attached hydrogen (secondary N) is 2. The molecule has 29 heavy (non-hydrogen) atoms. The smallest absolute Gasteiger partial charge is 0.180 e. The number of ether oxygens (including phenoxy) is 1. The number of aromatic nitrogens is 3. The van der Waals surface area contributed by atoms with Crippen molar-refractivity contribution in [3.05, 3.63) is 72.7 Å². The van der Waals surface area contributed by atoms with Gasteiger partial charge < -0.3 is 14.8 Å². The molecule has 0 spiro atoms. The number of imidazole rings is 1. The van der Waals surface area contributed by atoms with Crippen molar-refractivity contribution in [2.24, 2.45) is 0 Å². The van der Waals surface area contributed by atoms with Gasteiger partial charge in [-0.15, -0.1) is 0 Å². The number of fused-ring (bicyclic) bond motifs is 1. The van der Waals surface area contributed by atoms with Crippen molar-refractivity contribution >= 4 is 28.1 Å². The topological polar surface area (TPSA) is 80.5 Å². The summed E-state index contributed by atoms with van der Waals surface area (Å²) in [5, 5.41) is 3.36. The maximum Gasteiger partial charge on any atom is 0.180 e. The molecule has 1 atom stereocenters. The van der Waals surface area contributed by atoms with Gasteiger partial charge >= 0.3 is 0 Å². The Hall–Kier alpha value is -3.39. The van der Waals surface area contributed by atoms with E-state index in [1.165, 1.54) is 0 Å². The minimum absolute atomic E-state index is 0.626. The maximum absolute atomic E-state index is 11.5. The van der Waals surface area contributed by atoms with Gasteiger partial charge in [-0.2, -0.15) is 0 Å². The van der Waals surface area contributed by atoms with Crippen LogP contribution in [0.3, 0.4) is 0 Å². The van der Waals surface area contributed by atoms with Crippen LogP contribution in [0.4, 0.5) is 11.5 Å². The van der Waals surface area contributed by atoms with Crippen LogP contribution >= 0.6 is 0 Å². The molecule has 0 saturated carbocycles. The van der Waals surface area contributed by atoms with Gasteiger partial charge in [0.25, 0.3) is 0 Å². The van der Waals surface area contributed by atoms with Crippen LogP contribution in [0.2, 0.25) is 0 Å². The van der Waals surface area contributed by atoms with Crippen molar-refractivity contribution in [1.82, 2.24) is 14.4 Å². The first-order chi connectivity index (χ1) is 14.1. The molecule has 4 aromatic rings. The van der Waals surface area contributed by atoms with Crippen LogP contribution in [-0.4, -0.2) is 31.9 Å². The zero-order valence-corrected chi connectivity index (χ0v) is 16.9. The highest BCUT2D eigenvalue weighted by Crippen LogP contribution is 2.26. The average molecular weight is 407 g/mol. The van der Waals surface area contributed by atoms with E-state index in [0.717, 1.165) is 33.9 Å². The number of hydrogen-bond donors (Lipinski definition) is 2. The van der Waals surface area contributed by atoms with Crippen molar-refractivity contribution in [3.8, 4) is 17.0 Å². The summed E-state index contributed by atoms with van der Waals surface area (Å²) in [5.41, 5.74) is 4.56. The predicted octanol–water partition coefficient (Wildman–Crippen LogP) is 3.72. The molecular formula is C21H21N5O2S. The van der Waals surface area contributed by atoms with E-state index >= 15 is 0 Å². The van der Waals surface area contributed by atoms with Gasteiger partial charge in [-0.1, -0.05) is 24.3 Å². The number of methoxy groups -OCH3 is 1. The number of rotatable bonds is 7. The maximum atomic E-state index is 11.5. The Morgan fingerprint density at radius 3 is 2.72 bits per heavy atom. The van der Waals surface area contributed by atoms with Crippen LogP contribution in [0.25, 0.3) is 16.9 Å². The Labute approximate surface area is 171 Å². The van der Waals surface area contributed by atoms with Crippen LogP contribution in [0.15, 0.2) is 67.1 Å².